The number of methoxy groups -OCH3 is 1. The Hall–Kier alpha value is -1.26. The Labute approximate surface area is 131 Å². The molecule has 1 aromatic carbocycles. The van der Waals surface area contributed by atoms with Crippen molar-refractivity contribution >= 4 is 23.2 Å². The Balaban J connectivity index is 1.87. The van der Waals surface area contributed by atoms with Gasteiger partial charge in [-0.2, -0.15) is 0 Å². The van der Waals surface area contributed by atoms with Gasteiger partial charge in [0.05, 0.1) is 18.7 Å². The molecular formula is C16H23ClN2O2. The lowest BCUT2D eigenvalue weighted by Gasteiger charge is -2.23. The SMILES string of the molecule is COc1ccc(NC(=O)CN2CCCCCCC2)cc1Cl. The lowest BCUT2D eigenvalue weighted by Crippen LogP contribution is -2.35. The predicted octanol–water partition coefficient (Wildman–Crippen LogP) is 3.55. The first-order chi connectivity index (χ1) is 10.2. The summed E-state index contributed by atoms with van der Waals surface area (Å²) in [5.41, 5.74) is 0.706. The summed E-state index contributed by atoms with van der Waals surface area (Å²) >= 11 is 6.06. The molecule has 0 spiro atoms. The van der Waals surface area contributed by atoms with Crippen LogP contribution in [0, 0.1) is 0 Å². The second-order valence-corrected chi connectivity index (χ2v) is 5.85. The van der Waals surface area contributed by atoms with E-state index >= 15 is 0 Å². The van der Waals surface area contributed by atoms with Crippen LogP contribution in [0.5, 0.6) is 5.75 Å². The highest BCUT2D eigenvalue weighted by Gasteiger charge is 2.13. The molecule has 1 saturated heterocycles. The number of nitrogens with zero attached hydrogens (tertiary/aromatic N) is 1. The van der Waals surface area contributed by atoms with Crippen molar-refractivity contribution in [3.63, 3.8) is 0 Å². The Morgan fingerprint density at radius 1 is 1.24 bits per heavy atom. The quantitative estimate of drug-likeness (QED) is 0.924. The monoisotopic (exact) mass is 310 g/mol. The molecule has 1 N–H and O–H groups in total. The van der Waals surface area contributed by atoms with Gasteiger partial charge < -0.3 is 10.1 Å². The van der Waals surface area contributed by atoms with Crippen molar-refractivity contribution in [3.8, 4) is 5.75 Å². The summed E-state index contributed by atoms with van der Waals surface area (Å²) in [5.74, 6) is 0.621. The number of benzene rings is 1. The normalized spacial score (nSPS) is 16.9. The van der Waals surface area contributed by atoms with E-state index in [1.54, 1.807) is 25.3 Å². The van der Waals surface area contributed by atoms with Gasteiger partial charge in [-0.1, -0.05) is 30.9 Å². The molecule has 0 aromatic heterocycles. The van der Waals surface area contributed by atoms with Crippen molar-refractivity contribution in [2.45, 2.75) is 32.1 Å². The van der Waals surface area contributed by atoms with Crippen molar-refractivity contribution in [2.24, 2.45) is 0 Å². The number of ether oxygens (including phenoxy) is 1. The van der Waals surface area contributed by atoms with Gasteiger partial charge in [0.1, 0.15) is 5.75 Å². The molecule has 21 heavy (non-hydrogen) atoms. The van der Waals surface area contributed by atoms with E-state index in [-0.39, 0.29) is 5.91 Å². The number of halogens is 1. The minimum absolute atomic E-state index is 0.0109. The molecule has 1 aliphatic heterocycles. The lowest BCUT2D eigenvalue weighted by atomic mass is 10.1. The molecule has 1 heterocycles. The molecule has 1 aliphatic rings. The van der Waals surface area contributed by atoms with E-state index in [0.717, 1.165) is 13.1 Å². The Bertz CT molecular complexity index is 471. The van der Waals surface area contributed by atoms with E-state index in [1.807, 2.05) is 0 Å². The molecule has 0 bridgehead atoms. The van der Waals surface area contributed by atoms with Crippen LogP contribution in [-0.2, 0) is 4.79 Å². The van der Waals surface area contributed by atoms with Gasteiger partial charge >= 0.3 is 0 Å². The summed E-state index contributed by atoms with van der Waals surface area (Å²) in [6.45, 7) is 2.47. The minimum atomic E-state index is 0.0109. The third-order valence-corrected chi connectivity index (χ3v) is 4.05. The first-order valence-electron chi connectivity index (χ1n) is 7.55. The standard InChI is InChI=1S/C16H23ClN2O2/c1-21-15-8-7-13(11-14(15)17)18-16(20)12-19-9-5-3-2-4-6-10-19/h7-8,11H,2-6,9-10,12H2,1H3,(H,18,20). The number of hydrogen-bond acceptors (Lipinski definition) is 3. The van der Waals surface area contributed by atoms with E-state index < -0.39 is 0 Å². The number of amides is 1. The molecular weight excluding hydrogens is 288 g/mol. The van der Waals surface area contributed by atoms with E-state index in [2.05, 4.69) is 10.2 Å². The number of carbonyl (C=O) groups excluding carboxylic acids is 1. The Morgan fingerprint density at radius 3 is 2.52 bits per heavy atom. The topological polar surface area (TPSA) is 41.6 Å². The van der Waals surface area contributed by atoms with Crippen LogP contribution in [-0.4, -0.2) is 37.6 Å². The Kier molecular flexibility index (Phi) is 6.33. The molecule has 1 fully saturated rings. The number of anilines is 1. The fourth-order valence-electron chi connectivity index (χ4n) is 2.62. The third-order valence-electron chi connectivity index (χ3n) is 3.75. The molecule has 0 saturated carbocycles. The highest BCUT2D eigenvalue weighted by atomic mass is 35.5. The van der Waals surface area contributed by atoms with Crippen LogP contribution in [0.15, 0.2) is 18.2 Å². The fraction of sp³-hybridized carbons (Fsp3) is 0.562. The second-order valence-electron chi connectivity index (χ2n) is 5.44. The summed E-state index contributed by atoms with van der Waals surface area (Å²) < 4.78 is 5.10. The van der Waals surface area contributed by atoms with Gasteiger partial charge in [0.15, 0.2) is 0 Å². The summed E-state index contributed by atoms with van der Waals surface area (Å²) in [6.07, 6.45) is 6.23. The number of nitrogens with one attached hydrogen (secondary N) is 1. The van der Waals surface area contributed by atoms with E-state index in [9.17, 15) is 4.79 Å². The van der Waals surface area contributed by atoms with Crippen molar-refractivity contribution in [3.05, 3.63) is 23.2 Å². The third kappa shape index (κ3) is 5.21. The maximum atomic E-state index is 12.1. The van der Waals surface area contributed by atoms with Gasteiger partial charge in [0.25, 0.3) is 0 Å². The molecule has 0 aliphatic carbocycles. The van der Waals surface area contributed by atoms with Crippen LogP contribution in [0.2, 0.25) is 5.02 Å². The first kappa shape index (κ1) is 16.1. The van der Waals surface area contributed by atoms with Crippen LogP contribution in [0.25, 0.3) is 0 Å². The van der Waals surface area contributed by atoms with Crippen molar-refractivity contribution in [1.82, 2.24) is 4.90 Å². The highest BCUT2D eigenvalue weighted by molar-refractivity contribution is 6.32. The van der Waals surface area contributed by atoms with E-state index in [0.29, 0.717) is 23.0 Å². The minimum Gasteiger partial charge on any atom is -0.495 e. The van der Waals surface area contributed by atoms with Crippen LogP contribution in [0.3, 0.4) is 0 Å². The average molecular weight is 311 g/mol. The first-order valence-corrected chi connectivity index (χ1v) is 7.92. The second kappa shape index (κ2) is 8.25. The smallest absolute Gasteiger partial charge is 0.238 e. The summed E-state index contributed by atoms with van der Waals surface area (Å²) in [4.78, 5) is 14.4. The molecule has 1 aromatic rings. The highest BCUT2D eigenvalue weighted by Crippen LogP contribution is 2.27. The van der Waals surface area contributed by atoms with Crippen molar-refractivity contribution in [2.75, 3.05) is 32.1 Å². The number of rotatable bonds is 4. The zero-order valence-electron chi connectivity index (χ0n) is 12.5. The van der Waals surface area contributed by atoms with Crippen molar-refractivity contribution < 1.29 is 9.53 Å². The van der Waals surface area contributed by atoms with Gasteiger partial charge in [-0.05, 0) is 44.1 Å². The zero-order chi connectivity index (χ0) is 15.1. The zero-order valence-corrected chi connectivity index (χ0v) is 13.3. The summed E-state index contributed by atoms with van der Waals surface area (Å²) in [7, 11) is 1.57. The molecule has 0 atom stereocenters. The number of hydrogen-bond donors (Lipinski definition) is 1. The molecule has 4 nitrogen and oxygen atoms in total. The lowest BCUT2D eigenvalue weighted by molar-refractivity contribution is -0.117. The summed E-state index contributed by atoms with van der Waals surface area (Å²) in [5, 5.41) is 3.40. The molecule has 5 heteroatoms. The average Bonchev–Trinajstić information content (AvgIpc) is 2.42. The molecule has 1 amide bonds. The number of likely N-dealkylation sites (tertiary alicyclic amines) is 1. The molecule has 2 rings (SSSR count). The van der Waals surface area contributed by atoms with Gasteiger partial charge in [-0.15, -0.1) is 0 Å². The number of carbonyl (C=O) groups is 1. The Morgan fingerprint density at radius 2 is 1.90 bits per heavy atom. The molecule has 0 radical (unpaired) electrons. The summed E-state index contributed by atoms with van der Waals surface area (Å²) in [6, 6.07) is 5.27. The van der Waals surface area contributed by atoms with Crippen LogP contribution >= 0.6 is 11.6 Å². The largest absolute Gasteiger partial charge is 0.495 e. The molecule has 0 unspecified atom stereocenters. The van der Waals surface area contributed by atoms with Gasteiger partial charge in [0.2, 0.25) is 5.91 Å². The van der Waals surface area contributed by atoms with Gasteiger partial charge in [-0.25, -0.2) is 0 Å². The van der Waals surface area contributed by atoms with Crippen LogP contribution in [0.4, 0.5) is 5.69 Å². The van der Waals surface area contributed by atoms with Gasteiger partial charge in [-0.3, -0.25) is 9.69 Å². The van der Waals surface area contributed by atoms with Crippen molar-refractivity contribution in [1.29, 1.82) is 0 Å². The van der Waals surface area contributed by atoms with Crippen LogP contribution in [0.1, 0.15) is 32.1 Å². The predicted molar refractivity (Wildman–Crippen MR) is 86.2 cm³/mol. The van der Waals surface area contributed by atoms with Gasteiger partial charge in [0, 0.05) is 5.69 Å². The maximum absolute atomic E-state index is 12.1. The fourth-order valence-corrected chi connectivity index (χ4v) is 2.88. The van der Waals surface area contributed by atoms with E-state index in [4.69, 9.17) is 16.3 Å². The van der Waals surface area contributed by atoms with Crippen LogP contribution < -0.4 is 10.1 Å². The molecule has 116 valence electrons. The van der Waals surface area contributed by atoms with E-state index in [1.165, 1.54) is 32.1 Å². The maximum Gasteiger partial charge on any atom is 0.238 e.